The van der Waals surface area contributed by atoms with Crippen LogP contribution < -0.4 is 9.73 Å². The molecular formula is C21H16Cl2IN3O3S. The molecule has 0 unspecified atom stereocenters. The van der Waals surface area contributed by atoms with Crippen molar-refractivity contribution in [2.45, 2.75) is 4.90 Å². The van der Waals surface area contributed by atoms with E-state index in [1.54, 1.807) is 60.7 Å². The Morgan fingerprint density at radius 2 is 1.71 bits per heavy atom. The molecule has 0 aromatic heterocycles. The van der Waals surface area contributed by atoms with Crippen molar-refractivity contribution in [3.8, 4) is 0 Å². The maximum atomic E-state index is 13.2. The first-order valence-corrected chi connectivity index (χ1v) is 12.1. The van der Waals surface area contributed by atoms with Gasteiger partial charge < -0.3 is 0 Å². The lowest BCUT2D eigenvalue weighted by atomic mass is 10.2. The van der Waals surface area contributed by atoms with Gasteiger partial charge in [0.25, 0.3) is 15.9 Å². The standard InChI is InChI=1S/C21H16Cl2IN3O3S/c22-16-7-6-15(20(23)12-16)13-25-26-21(28)14-27(18-10-8-17(24)9-11-18)31(29,30)19-4-2-1-3-5-19/h1-13H,14H2,(H,26,28)/b25-13-. The van der Waals surface area contributed by atoms with Crippen LogP contribution in [0.3, 0.4) is 0 Å². The van der Waals surface area contributed by atoms with E-state index in [9.17, 15) is 13.2 Å². The Morgan fingerprint density at radius 3 is 2.35 bits per heavy atom. The lowest BCUT2D eigenvalue weighted by Gasteiger charge is -2.23. The number of anilines is 1. The first kappa shape index (κ1) is 23.5. The minimum Gasteiger partial charge on any atom is -0.271 e. The third-order valence-corrected chi connectivity index (χ3v) is 7.16. The highest BCUT2D eigenvalue weighted by atomic mass is 127. The summed E-state index contributed by atoms with van der Waals surface area (Å²) in [6.45, 7) is -0.455. The number of hydrogen-bond donors (Lipinski definition) is 1. The van der Waals surface area contributed by atoms with Crippen LogP contribution >= 0.6 is 45.8 Å². The van der Waals surface area contributed by atoms with E-state index in [1.807, 2.05) is 0 Å². The van der Waals surface area contributed by atoms with Crippen molar-refractivity contribution >= 4 is 73.6 Å². The normalized spacial score (nSPS) is 11.5. The Labute approximate surface area is 204 Å². The summed E-state index contributed by atoms with van der Waals surface area (Å²) in [5.41, 5.74) is 3.26. The second-order valence-electron chi connectivity index (χ2n) is 6.26. The third-order valence-electron chi connectivity index (χ3n) is 4.09. The lowest BCUT2D eigenvalue weighted by molar-refractivity contribution is -0.119. The molecule has 3 aromatic rings. The zero-order valence-electron chi connectivity index (χ0n) is 15.9. The molecule has 3 aromatic carbocycles. The van der Waals surface area contributed by atoms with Gasteiger partial charge in [0.05, 0.1) is 21.8 Å². The van der Waals surface area contributed by atoms with Gasteiger partial charge in [0.2, 0.25) is 0 Å². The Hall–Kier alpha value is -2.14. The average molecular weight is 588 g/mol. The largest absolute Gasteiger partial charge is 0.271 e. The lowest BCUT2D eigenvalue weighted by Crippen LogP contribution is -2.39. The molecule has 3 rings (SSSR count). The summed E-state index contributed by atoms with van der Waals surface area (Å²) in [5, 5.41) is 4.72. The number of benzene rings is 3. The number of nitrogens with zero attached hydrogens (tertiary/aromatic N) is 2. The van der Waals surface area contributed by atoms with E-state index in [0.29, 0.717) is 21.3 Å². The van der Waals surface area contributed by atoms with Crippen LogP contribution in [0, 0.1) is 3.57 Å². The van der Waals surface area contributed by atoms with Crippen molar-refractivity contribution < 1.29 is 13.2 Å². The number of carbonyl (C=O) groups is 1. The molecule has 0 radical (unpaired) electrons. The van der Waals surface area contributed by atoms with Crippen molar-refractivity contribution in [3.63, 3.8) is 0 Å². The number of nitrogens with one attached hydrogen (secondary N) is 1. The zero-order valence-corrected chi connectivity index (χ0v) is 20.4. The fourth-order valence-corrected chi connectivity index (χ4v) is 4.85. The van der Waals surface area contributed by atoms with E-state index in [1.165, 1.54) is 18.3 Å². The molecule has 0 spiro atoms. The van der Waals surface area contributed by atoms with Gasteiger partial charge in [-0.1, -0.05) is 47.5 Å². The Bertz CT molecular complexity index is 1200. The summed E-state index contributed by atoms with van der Waals surface area (Å²) in [6.07, 6.45) is 1.36. The summed E-state index contributed by atoms with van der Waals surface area (Å²) >= 11 is 14.1. The SMILES string of the molecule is O=C(CN(c1ccc(I)cc1)S(=O)(=O)c1ccccc1)N/N=C\c1ccc(Cl)cc1Cl. The zero-order chi connectivity index (χ0) is 22.4. The Morgan fingerprint density at radius 1 is 1.03 bits per heavy atom. The van der Waals surface area contributed by atoms with Gasteiger partial charge in [-0.2, -0.15) is 5.10 Å². The van der Waals surface area contributed by atoms with Crippen LogP contribution in [0.4, 0.5) is 5.69 Å². The molecule has 1 N–H and O–H groups in total. The fraction of sp³-hybridized carbons (Fsp3) is 0.0476. The van der Waals surface area contributed by atoms with Crippen molar-refractivity contribution in [3.05, 3.63) is 92.0 Å². The van der Waals surface area contributed by atoms with Crippen molar-refractivity contribution in [1.82, 2.24) is 5.43 Å². The van der Waals surface area contributed by atoms with Crippen LogP contribution in [0.1, 0.15) is 5.56 Å². The number of sulfonamides is 1. The third kappa shape index (κ3) is 6.19. The molecule has 31 heavy (non-hydrogen) atoms. The van der Waals surface area contributed by atoms with Crippen LogP contribution in [0.5, 0.6) is 0 Å². The number of hydrogen-bond acceptors (Lipinski definition) is 4. The van der Waals surface area contributed by atoms with Gasteiger partial charge in [-0.05, 0) is 71.1 Å². The minimum atomic E-state index is -3.97. The van der Waals surface area contributed by atoms with E-state index in [-0.39, 0.29) is 4.90 Å². The molecule has 0 atom stereocenters. The summed E-state index contributed by atoms with van der Waals surface area (Å²) in [7, 11) is -3.97. The molecule has 1 amide bonds. The molecule has 0 heterocycles. The molecule has 0 bridgehead atoms. The summed E-state index contributed by atoms with van der Waals surface area (Å²) in [6, 6.07) is 19.6. The van der Waals surface area contributed by atoms with Gasteiger partial charge in [-0.15, -0.1) is 0 Å². The summed E-state index contributed by atoms with van der Waals surface area (Å²) in [4.78, 5) is 12.6. The van der Waals surface area contributed by atoms with Crippen LogP contribution in [0.2, 0.25) is 10.0 Å². The van der Waals surface area contributed by atoms with Crippen LogP contribution in [0.25, 0.3) is 0 Å². The Balaban J connectivity index is 1.82. The van der Waals surface area contributed by atoms with Gasteiger partial charge >= 0.3 is 0 Å². The summed E-state index contributed by atoms with van der Waals surface area (Å²) < 4.78 is 28.4. The van der Waals surface area contributed by atoms with Gasteiger partial charge in [0.1, 0.15) is 6.54 Å². The molecule has 0 saturated heterocycles. The molecule has 6 nitrogen and oxygen atoms in total. The highest BCUT2D eigenvalue weighted by Crippen LogP contribution is 2.24. The molecule has 160 valence electrons. The molecule has 10 heteroatoms. The van der Waals surface area contributed by atoms with Crippen LogP contribution in [-0.2, 0) is 14.8 Å². The van der Waals surface area contributed by atoms with Gasteiger partial charge in [0.15, 0.2) is 0 Å². The molecule has 0 fully saturated rings. The maximum absolute atomic E-state index is 13.2. The molecule has 0 aliphatic heterocycles. The predicted molar refractivity (Wildman–Crippen MR) is 132 cm³/mol. The number of amides is 1. The molecule has 0 aliphatic rings. The highest BCUT2D eigenvalue weighted by molar-refractivity contribution is 14.1. The van der Waals surface area contributed by atoms with E-state index >= 15 is 0 Å². The Kier molecular flexibility index (Phi) is 7.93. The first-order chi connectivity index (χ1) is 14.8. The average Bonchev–Trinajstić information content (AvgIpc) is 2.75. The van der Waals surface area contributed by atoms with Crippen LogP contribution in [-0.4, -0.2) is 27.1 Å². The predicted octanol–water partition coefficient (Wildman–Crippen LogP) is 4.94. The number of carbonyl (C=O) groups excluding carboxylic acids is 1. The summed E-state index contributed by atoms with van der Waals surface area (Å²) in [5.74, 6) is -0.612. The van der Waals surface area contributed by atoms with Gasteiger partial charge in [-0.3, -0.25) is 9.10 Å². The second-order valence-corrected chi connectivity index (χ2v) is 10.2. The molecule has 0 aliphatic carbocycles. The maximum Gasteiger partial charge on any atom is 0.264 e. The molecule has 0 saturated carbocycles. The van der Waals surface area contributed by atoms with E-state index < -0.39 is 22.5 Å². The van der Waals surface area contributed by atoms with Crippen LogP contribution in [0.15, 0.2) is 82.8 Å². The highest BCUT2D eigenvalue weighted by Gasteiger charge is 2.27. The van der Waals surface area contributed by atoms with Gasteiger partial charge in [0, 0.05) is 14.2 Å². The van der Waals surface area contributed by atoms with Crippen molar-refractivity contribution in [2.75, 3.05) is 10.8 Å². The second kappa shape index (κ2) is 10.4. The smallest absolute Gasteiger partial charge is 0.264 e. The number of halogens is 3. The number of hydrazone groups is 1. The topological polar surface area (TPSA) is 78.8 Å². The minimum absolute atomic E-state index is 0.0813. The van der Waals surface area contributed by atoms with E-state index in [2.05, 4.69) is 33.1 Å². The van der Waals surface area contributed by atoms with Gasteiger partial charge in [-0.25, -0.2) is 13.8 Å². The fourth-order valence-electron chi connectivity index (χ4n) is 2.59. The van der Waals surface area contributed by atoms with Crippen molar-refractivity contribution in [1.29, 1.82) is 0 Å². The quantitative estimate of drug-likeness (QED) is 0.241. The van der Waals surface area contributed by atoms with Crippen molar-refractivity contribution in [2.24, 2.45) is 5.10 Å². The number of rotatable bonds is 7. The molecular weight excluding hydrogens is 572 g/mol. The van der Waals surface area contributed by atoms with E-state index in [4.69, 9.17) is 23.2 Å². The first-order valence-electron chi connectivity index (χ1n) is 8.88. The monoisotopic (exact) mass is 587 g/mol. The van der Waals surface area contributed by atoms with E-state index in [0.717, 1.165) is 7.88 Å².